The van der Waals surface area contributed by atoms with E-state index < -0.39 is 22.0 Å². The van der Waals surface area contributed by atoms with Crippen molar-refractivity contribution >= 4 is 16.8 Å². The molecule has 0 radical (unpaired) electrons. The van der Waals surface area contributed by atoms with Crippen LogP contribution in [0.5, 0.6) is 0 Å². The summed E-state index contributed by atoms with van der Waals surface area (Å²) in [5.41, 5.74) is 1.18. The van der Waals surface area contributed by atoms with Gasteiger partial charge in [0.2, 0.25) is 0 Å². The van der Waals surface area contributed by atoms with E-state index in [9.17, 15) is 9.00 Å². The van der Waals surface area contributed by atoms with E-state index in [0.717, 1.165) is 12.8 Å². The molecule has 1 aromatic rings. The Balaban J connectivity index is 2.19. The molecule has 1 aliphatic rings. The van der Waals surface area contributed by atoms with Crippen LogP contribution in [0.1, 0.15) is 38.2 Å². The van der Waals surface area contributed by atoms with Crippen LogP contribution in [0.4, 0.5) is 0 Å². The molecule has 0 bridgehead atoms. The Bertz CT molecular complexity index is 460. The number of hydrogen-bond acceptors (Lipinski definition) is 2. The van der Waals surface area contributed by atoms with Crippen molar-refractivity contribution in [2.45, 2.75) is 42.8 Å². The van der Waals surface area contributed by atoms with Gasteiger partial charge in [0.1, 0.15) is 5.25 Å². The maximum atomic E-state index is 12.3. The minimum absolute atomic E-state index is 0.0908. The normalized spacial score (nSPS) is 18.6. The van der Waals surface area contributed by atoms with Gasteiger partial charge in [-0.2, -0.15) is 0 Å². The molecule has 1 aromatic carbocycles. The number of carboxylic acid groups (broad SMARTS) is 1. The van der Waals surface area contributed by atoms with Crippen LogP contribution < -0.4 is 0 Å². The second-order valence-corrected chi connectivity index (χ2v) is 6.69. The molecule has 2 unspecified atom stereocenters. The molecule has 18 heavy (non-hydrogen) atoms. The third-order valence-corrected chi connectivity index (χ3v) is 5.09. The Labute approximate surface area is 110 Å². The third kappa shape index (κ3) is 2.80. The lowest BCUT2D eigenvalue weighted by Gasteiger charge is -2.12. The van der Waals surface area contributed by atoms with Crippen molar-refractivity contribution in [3.8, 4) is 0 Å². The third-order valence-electron chi connectivity index (χ3n) is 3.30. The van der Waals surface area contributed by atoms with E-state index in [0.29, 0.717) is 10.8 Å². The molecule has 0 saturated heterocycles. The second kappa shape index (κ2) is 5.22. The SMILES string of the molecule is CC(C)c1ccc(S(=O)C(C(=O)O)C2CC2)cc1. The van der Waals surface area contributed by atoms with Crippen LogP contribution in [0.3, 0.4) is 0 Å². The van der Waals surface area contributed by atoms with Gasteiger partial charge in [-0.05, 0) is 42.4 Å². The number of benzene rings is 1. The van der Waals surface area contributed by atoms with Gasteiger partial charge in [0.25, 0.3) is 0 Å². The fraction of sp³-hybridized carbons (Fsp3) is 0.500. The van der Waals surface area contributed by atoms with E-state index in [4.69, 9.17) is 5.11 Å². The largest absolute Gasteiger partial charge is 0.480 e. The molecule has 0 amide bonds. The van der Waals surface area contributed by atoms with Crippen molar-refractivity contribution in [2.24, 2.45) is 5.92 Å². The van der Waals surface area contributed by atoms with Crippen LogP contribution in [-0.2, 0) is 15.6 Å². The van der Waals surface area contributed by atoms with Gasteiger partial charge >= 0.3 is 5.97 Å². The summed E-state index contributed by atoms with van der Waals surface area (Å²) >= 11 is 0. The quantitative estimate of drug-likeness (QED) is 0.891. The standard InChI is InChI=1S/C14H18O3S/c1-9(2)10-5-7-12(8-6-10)18(17)13(14(15)16)11-3-4-11/h5-9,11,13H,3-4H2,1-2H3,(H,15,16). The molecule has 2 atom stereocenters. The van der Waals surface area contributed by atoms with Gasteiger partial charge in [-0.1, -0.05) is 26.0 Å². The van der Waals surface area contributed by atoms with E-state index in [-0.39, 0.29) is 5.92 Å². The van der Waals surface area contributed by atoms with E-state index in [1.165, 1.54) is 5.56 Å². The van der Waals surface area contributed by atoms with Crippen LogP contribution in [0, 0.1) is 5.92 Å². The zero-order valence-electron chi connectivity index (χ0n) is 10.6. The Morgan fingerprint density at radius 1 is 1.28 bits per heavy atom. The highest BCUT2D eigenvalue weighted by molar-refractivity contribution is 7.86. The van der Waals surface area contributed by atoms with Crippen LogP contribution >= 0.6 is 0 Å². The summed E-state index contributed by atoms with van der Waals surface area (Å²) in [5, 5.41) is 8.42. The fourth-order valence-corrected chi connectivity index (χ4v) is 3.50. The predicted octanol–water partition coefficient (Wildman–Crippen LogP) is 2.78. The summed E-state index contributed by atoms with van der Waals surface area (Å²) in [7, 11) is -1.44. The summed E-state index contributed by atoms with van der Waals surface area (Å²) in [5.74, 6) is -0.428. The lowest BCUT2D eigenvalue weighted by molar-refractivity contribution is -0.136. The molecule has 2 rings (SSSR count). The van der Waals surface area contributed by atoms with Crippen LogP contribution in [-0.4, -0.2) is 20.5 Å². The Morgan fingerprint density at radius 2 is 1.83 bits per heavy atom. The van der Waals surface area contributed by atoms with Crippen molar-refractivity contribution < 1.29 is 14.1 Å². The monoisotopic (exact) mass is 266 g/mol. The lowest BCUT2D eigenvalue weighted by atomic mass is 10.0. The van der Waals surface area contributed by atoms with Gasteiger partial charge in [-0.25, -0.2) is 0 Å². The number of carbonyl (C=O) groups is 1. The Morgan fingerprint density at radius 3 is 2.22 bits per heavy atom. The molecular weight excluding hydrogens is 248 g/mol. The summed E-state index contributed by atoms with van der Waals surface area (Å²) < 4.78 is 12.3. The molecule has 1 saturated carbocycles. The van der Waals surface area contributed by atoms with Crippen LogP contribution in [0.15, 0.2) is 29.2 Å². The number of rotatable bonds is 5. The van der Waals surface area contributed by atoms with Gasteiger partial charge < -0.3 is 5.11 Å². The van der Waals surface area contributed by atoms with Crippen LogP contribution in [0.2, 0.25) is 0 Å². The van der Waals surface area contributed by atoms with E-state index in [1.807, 2.05) is 12.1 Å². The van der Waals surface area contributed by atoms with Gasteiger partial charge in [0.05, 0.1) is 10.8 Å². The second-order valence-electron chi connectivity index (χ2n) is 5.12. The summed E-state index contributed by atoms with van der Waals surface area (Å²) in [4.78, 5) is 11.8. The molecule has 3 nitrogen and oxygen atoms in total. The first-order valence-corrected chi connectivity index (χ1v) is 7.45. The average Bonchev–Trinajstić information content (AvgIpc) is 3.13. The summed E-state index contributed by atoms with van der Waals surface area (Å²) in [6.45, 7) is 4.19. The summed E-state index contributed by atoms with van der Waals surface area (Å²) in [6.07, 6.45) is 1.76. The first kappa shape index (κ1) is 13.3. The van der Waals surface area contributed by atoms with E-state index >= 15 is 0 Å². The molecule has 0 aliphatic heterocycles. The van der Waals surface area contributed by atoms with Crippen molar-refractivity contribution in [3.05, 3.63) is 29.8 Å². The van der Waals surface area contributed by atoms with Crippen molar-refractivity contribution in [1.29, 1.82) is 0 Å². The Kier molecular flexibility index (Phi) is 3.85. The predicted molar refractivity (Wildman–Crippen MR) is 71.1 cm³/mol. The minimum atomic E-state index is -1.44. The highest BCUT2D eigenvalue weighted by atomic mass is 32.2. The van der Waals surface area contributed by atoms with Crippen molar-refractivity contribution in [1.82, 2.24) is 0 Å². The smallest absolute Gasteiger partial charge is 0.319 e. The van der Waals surface area contributed by atoms with E-state index in [2.05, 4.69) is 13.8 Å². The lowest BCUT2D eigenvalue weighted by Crippen LogP contribution is -2.27. The number of hydrogen-bond donors (Lipinski definition) is 1. The number of carboxylic acids is 1. The minimum Gasteiger partial charge on any atom is -0.480 e. The zero-order chi connectivity index (χ0) is 13.3. The topological polar surface area (TPSA) is 54.4 Å². The number of aliphatic carboxylic acids is 1. The zero-order valence-corrected chi connectivity index (χ0v) is 11.4. The van der Waals surface area contributed by atoms with Gasteiger partial charge in [0, 0.05) is 4.90 Å². The van der Waals surface area contributed by atoms with Crippen molar-refractivity contribution in [2.75, 3.05) is 0 Å². The maximum absolute atomic E-state index is 12.3. The van der Waals surface area contributed by atoms with Gasteiger partial charge in [0.15, 0.2) is 0 Å². The fourth-order valence-electron chi connectivity index (χ4n) is 2.00. The molecule has 4 heteroatoms. The molecule has 1 aliphatic carbocycles. The van der Waals surface area contributed by atoms with Crippen molar-refractivity contribution in [3.63, 3.8) is 0 Å². The molecule has 0 heterocycles. The van der Waals surface area contributed by atoms with Gasteiger partial charge in [-0.3, -0.25) is 9.00 Å². The highest BCUT2D eigenvalue weighted by Gasteiger charge is 2.40. The van der Waals surface area contributed by atoms with E-state index in [1.54, 1.807) is 12.1 Å². The van der Waals surface area contributed by atoms with Crippen LogP contribution in [0.25, 0.3) is 0 Å². The first-order chi connectivity index (χ1) is 8.50. The average molecular weight is 266 g/mol. The molecule has 0 aromatic heterocycles. The Hall–Kier alpha value is -1.16. The molecular formula is C14H18O3S. The van der Waals surface area contributed by atoms with Gasteiger partial charge in [-0.15, -0.1) is 0 Å². The molecule has 1 fully saturated rings. The molecule has 0 spiro atoms. The first-order valence-electron chi connectivity index (χ1n) is 6.24. The maximum Gasteiger partial charge on any atom is 0.319 e. The molecule has 98 valence electrons. The summed E-state index contributed by atoms with van der Waals surface area (Å²) in [6, 6.07) is 7.46. The highest BCUT2D eigenvalue weighted by Crippen LogP contribution is 2.37. The molecule has 1 N–H and O–H groups in total.